The molecule has 118 valence electrons. The van der Waals surface area contributed by atoms with Crippen molar-refractivity contribution in [3.05, 3.63) is 77.4 Å². The molecule has 0 saturated carbocycles. The van der Waals surface area contributed by atoms with Crippen molar-refractivity contribution in [3.8, 4) is 5.75 Å². The van der Waals surface area contributed by atoms with E-state index in [4.69, 9.17) is 4.74 Å². The Morgan fingerprint density at radius 3 is 2.83 bits per heavy atom. The summed E-state index contributed by atoms with van der Waals surface area (Å²) in [6, 6.07) is 14.2. The molecule has 2 aliphatic rings. The molecule has 0 spiro atoms. The van der Waals surface area contributed by atoms with Crippen molar-refractivity contribution < 1.29 is 9.13 Å². The minimum Gasteiger partial charge on any atom is -0.488 e. The van der Waals surface area contributed by atoms with Gasteiger partial charge in [-0.3, -0.25) is 0 Å². The van der Waals surface area contributed by atoms with Crippen LogP contribution < -0.4 is 10.1 Å². The van der Waals surface area contributed by atoms with E-state index < -0.39 is 0 Å². The van der Waals surface area contributed by atoms with Crippen molar-refractivity contribution >= 4 is 11.6 Å². The number of hydrogen-bond acceptors (Lipinski definition) is 4. The van der Waals surface area contributed by atoms with Gasteiger partial charge in [0.2, 0.25) is 5.95 Å². The highest BCUT2D eigenvalue weighted by Crippen LogP contribution is 2.43. The number of rotatable bonds is 1. The number of anilines is 1. The maximum Gasteiger partial charge on any atom is 0.226 e. The van der Waals surface area contributed by atoms with Crippen LogP contribution in [0.15, 0.2) is 60.4 Å². The fraction of sp³-hybridized carbons (Fsp3) is 0.111. The van der Waals surface area contributed by atoms with Gasteiger partial charge in [-0.05, 0) is 29.8 Å². The van der Waals surface area contributed by atoms with Gasteiger partial charge in [0, 0.05) is 11.1 Å². The van der Waals surface area contributed by atoms with E-state index in [9.17, 15) is 4.39 Å². The maximum atomic E-state index is 13.3. The first-order chi connectivity index (χ1) is 11.8. The van der Waals surface area contributed by atoms with Crippen LogP contribution in [0.25, 0.3) is 5.70 Å². The average molecular weight is 320 g/mol. The van der Waals surface area contributed by atoms with Crippen molar-refractivity contribution in [1.29, 1.82) is 0 Å². The van der Waals surface area contributed by atoms with Gasteiger partial charge < -0.3 is 10.1 Å². The zero-order chi connectivity index (χ0) is 16.1. The van der Waals surface area contributed by atoms with E-state index in [1.807, 2.05) is 28.9 Å². The van der Waals surface area contributed by atoms with Gasteiger partial charge in [-0.2, -0.15) is 10.1 Å². The summed E-state index contributed by atoms with van der Waals surface area (Å²) >= 11 is 0. The predicted octanol–water partition coefficient (Wildman–Crippen LogP) is 3.24. The first kappa shape index (κ1) is 13.3. The lowest BCUT2D eigenvalue weighted by atomic mass is 9.92. The highest BCUT2D eigenvalue weighted by atomic mass is 19.1. The molecule has 6 heteroatoms. The number of para-hydroxylation sites is 1. The molecule has 1 atom stereocenters. The molecule has 2 aliphatic heterocycles. The molecule has 0 bridgehead atoms. The highest BCUT2D eigenvalue weighted by Gasteiger charge is 2.34. The van der Waals surface area contributed by atoms with E-state index >= 15 is 0 Å². The number of nitrogens with zero attached hydrogens (tertiary/aromatic N) is 3. The normalized spacial score (nSPS) is 18.1. The fourth-order valence-electron chi connectivity index (χ4n) is 3.34. The van der Waals surface area contributed by atoms with E-state index in [-0.39, 0.29) is 11.9 Å². The van der Waals surface area contributed by atoms with Gasteiger partial charge in [0.25, 0.3) is 0 Å². The Labute approximate surface area is 137 Å². The van der Waals surface area contributed by atoms with Gasteiger partial charge in [0.1, 0.15) is 30.5 Å². The standard InChI is InChI=1S/C18H13FN4O/c19-12-7-5-11(6-8-12)17-14-9-24-15-4-2-1-3-13(15)16(14)22-18-20-10-21-23(17)18/h1-8,10,17H,9H2,(H,20,21,22)/t17-/m1/s1. The van der Waals surface area contributed by atoms with Crippen LogP contribution in [0.4, 0.5) is 10.3 Å². The summed E-state index contributed by atoms with van der Waals surface area (Å²) in [7, 11) is 0. The molecule has 5 nitrogen and oxygen atoms in total. The summed E-state index contributed by atoms with van der Waals surface area (Å²) in [5.74, 6) is 1.25. The molecule has 0 radical (unpaired) electrons. The molecule has 0 fully saturated rings. The number of aromatic nitrogens is 3. The number of nitrogens with one attached hydrogen (secondary N) is 1. The van der Waals surface area contributed by atoms with E-state index in [1.54, 1.807) is 12.1 Å². The van der Waals surface area contributed by atoms with Gasteiger partial charge >= 0.3 is 0 Å². The van der Waals surface area contributed by atoms with E-state index in [0.29, 0.717) is 12.6 Å². The second-order valence-electron chi connectivity index (χ2n) is 5.79. The second-order valence-corrected chi connectivity index (χ2v) is 5.79. The number of halogens is 1. The molecular formula is C18H13FN4O. The monoisotopic (exact) mass is 320 g/mol. The summed E-state index contributed by atoms with van der Waals surface area (Å²) < 4.78 is 21.1. The Morgan fingerprint density at radius 2 is 1.96 bits per heavy atom. The Kier molecular flexibility index (Phi) is 2.73. The van der Waals surface area contributed by atoms with Crippen LogP contribution in [0.1, 0.15) is 17.2 Å². The van der Waals surface area contributed by atoms with Crippen LogP contribution in [0, 0.1) is 5.82 Å². The first-order valence-electron chi connectivity index (χ1n) is 7.68. The lowest BCUT2D eigenvalue weighted by molar-refractivity contribution is 0.328. The second kappa shape index (κ2) is 4.92. The molecule has 3 heterocycles. The van der Waals surface area contributed by atoms with Crippen molar-refractivity contribution in [2.24, 2.45) is 0 Å². The summed E-state index contributed by atoms with van der Waals surface area (Å²) in [5.41, 5.74) is 3.99. The SMILES string of the molecule is Fc1ccc([C@@H]2C3=C(Nc4ncnn42)c2ccccc2OC3)cc1. The Bertz CT molecular complexity index is 961. The topological polar surface area (TPSA) is 52.0 Å². The van der Waals surface area contributed by atoms with Crippen molar-refractivity contribution in [2.45, 2.75) is 6.04 Å². The quantitative estimate of drug-likeness (QED) is 0.748. The first-order valence-corrected chi connectivity index (χ1v) is 7.68. The van der Waals surface area contributed by atoms with Crippen LogP contribution in [-0.2, 0) is 0 Å². The van der Waals surface area contributed by atoms with Crippen LogP contribution in [0.2, 0.25) is 0 Å². The van der Waals surface area contributed by atoms with Gasteiger partial charge in [-0.15, -0.1) is 0 Å². The molecule has 0 unspecified atom stereocenters. The molecule has 5 rings (SSSR count). The molecule has 1 aromatic heterocycles. The zero-order valence-corrected chi connectivity index (χ0v) is 12.6. The van der Waals surface area contributed by atoms with Crippen LogP contribution in [-0.4, -0.2) is 21.4 Å². The third-order valence-electron chi connectivity index (χ3n) is 4.43. The summed E-state index contributed by atoms with van der Waals surface area (Å²) in [6.45, 7) is 0.445. The van der Waals surface area contributed by atoms with Crippen LogP contribution in [0.5, 0.6) is 5.75 Å². The van der Waals surface area contributed by atoms with Crippen molar-refractivity contribution in [2.75, 3.05) is 11.9 Å². The molecular weight excluding hydrogens is 307 g/mol. The van der Waals surface area contributed by atoms with Crippen molar-refractivity contribution in [1.82, 2.24) is 14.8 Å². The molecule has 2 aromatic carbocycles. The van der Waals surface area contributed by atoms with Gasteiger partial charge in [0.15, 0.2) is 0 Å². The third-order valence-corrected chi connectivity index (χ3v) is 4.43. The third kappa shape index (κ3) is 1.86. The van der Waals surface area contributed by atoms with Crippen LogP contribution >= 0.6 is 0 Å². The minimum atomic E-state index is -0.258. The van der Waals surface area contributed by atoms with Crippen molar-refractivity contribution in [3.63, 3.8) is 0 Å². The molecule has 3 aromatic rings. The van der Waals surface area contributed by atoms with Gasteiger partial charge in [-0.25, -0.2) is 9.07 Å². The zero-order valence-electron chi connectivity index (χ0n) is 12.6. The highest BCUT2D eigenvalue weighted by molar-refractivity contribution is 5.84. The summed E-state index contributed by atoms with van der Waals surface area (Å²) in [4.78, 5) is 4.31. The summed E-state index contributed by atoms with van der Waals surface area (Å²) in [5, 5.41) is 7.70. The number of fused-ring (bicyclic) bond motifs is 3. The molecule has 0 saturated heterocycles. The van der Waals surface area contributed by atoms with E-state index in [2.05, 4.69) is 15.4 Å². The van der Waals surface area contributed by atoms with Gasteiger partial charge in [0.05, 0.1) is 5.70 Å². The molecule has 1 N–H and O–H groups in total. The lowest BCUT2D eigenvalue weighted by Crippen LogP contribution is -2.30. The Balaban J connectivity index is 1.73. The number of benzene rings is 2. The predicted molar refractivity (Wildman–Crippen MR) is 87.0 cm³/mol. The van der Waals surface area contributed by atoms with Gasteiger partial charge in [-0.1, -0.05) is 24.3 Å². The average Bonchev–Trinajstić information content (AvgIpc) is 3.09. The molecule has 24 heavy (non-hydrogen) atoms. The van der Waals surface area contributed by atoms with E-state index in [1.165, 1.54) is 18.5 Å². The molecule has 0 aliphatic carbocycles. The Hall–Kier alpha value is -3.15. The largest absolute Gasteiger partial charge is 0.488 e. The number of hydrogen-bond donors (Lipinski definition) is 1. The smallest absolute Gasteiger partial charge is 0.226 e. The lowest BCUT2D eigenvalue weighted by Gasteiger charge is -2.34. The minimum absolute atomic E-state index is 0.173. The number of ether oxygens (including phenoxy) is 1. The molecule has 0 amide bonds. The van der Waals surface area contributed by atoms with Crippen LogP contribution in [0.3, 0.4) is 0 Å². The van der Waals surface area contributed by atoms with E-state index in [0.717, 1.165) is 28.1 Å². The Morgan fingerprint density at radius 1 is 1.12 bits per heavy atom. The maximum absolute atomic E-state index is 13.3. The fourth-order valence-corrected chi connectivity index (χ4v) is 3.34. The summed E-state index contributed by atoms with van der Waals surface area (Å²) in [6.07, 6.45) is 1.52.